The molecule has 1 aliphatic heterocycles. The maximum Gasteiger partial charge on any atom is 0.406 e. The molecule has 0 atom stereocenters. The summed E-state index contributed by atoms with van der Waals surface area (Å²) in [5.74, 6) is -0.885. The van der Waals surface area contributed by atoms with Crippen molar-refractivity contribution in [2.45, 2.75) is 32.4 Å². The van der Waals surface area contributed by atoms with Gasteiger partial charge in [0.25, 0.3) is 5.91 Å². The molecule has 1 aromatic carbocycles. The minimum absolute atomic E-state index is 0.0667. The summed E-state index contributed by atoms with van der Waals surface area (Å²) in [6.07, 6.45) is -3.32. The van der Waals surface area contributed by atoms with Crippen LogP contribution in [0.15, 0.2) is 18.2 Å². The zero-order valence-electron chi connectivity index (χ0n) is 15.9. The number of likely N-dealkylation sites (tertiary alicyclic amines) is 1. The molecule has 0 N–H and O–H groups in total. The molecule has 0 bridgehead atoms. The molecule has 28 heavy (non-hydrogen) atoms. The van der Waals surface area contributed by atoms with Crippen LogP contribution < -0.4 is 4.74 Å². The Morgan fingerprint density at radius 3 is 2.46 bits per heavy atom. The highest BCUT2D eigenvalue weighted by molar-refractivity contribution is 6.31. The lowest BCUT2D eigenvalue weighted by atomic mass is 9.94. The van der Waals surface area contributed by atoms with Gasteiger partial charge in [-0.05, 0) is 37.5 Å². The smallest absolute Gasteiger partial charge is 0.406 e. The van der Waals surface area contributed by atoms with Gasteiger partial charge >= 0.3 is 6.18 Å². The number of piperidine rings is 1. The molecule has 0 spiro atoms. The van der Waals surface area contributed by atoms with E-state index in [1.807, 2.05) is 0 Å². The minimum atomic E-state index is -4.43. The second kappa shape index (κ2) is 9.49. The van der Waals surface area contributed by atoms with Crippen LogP contribution >= 0.6 is 11.6 Å². The summed E-state index contributed by atoms with van der Waals surface area (Å²) in [5, 5.41) is 0.400. The molecule has 1 fully saturated rings. The average molecular weight is 421 g/mol. The van der Waals surface area contributed by atoms with Gasteiger partial charge in [-0.2, -0.15) is 13.2 Å². The van der Waals surface area contributed by atoms with E-state index in [1.165, 1.54) is 13.2 Å². The van der Waals surface area contributed by atoms with Crippen molar-refractivity contribution in [3.63, 3.8) is 0 Å². The van der Waals surface area contributed by atoms with Crippen molar-refractivity contribution in [3.8, 4) is 5.75 Å². The van der Waals surface area contributed by atoms with Gasteiger partial charge in [0.05, 0.1) is 12.7 Å². The number of halogens is 4. The third-order valence-corrected chi connectivity index (χ3v) is 4.93. The topological polar surface area (TPSA) is 49.9 Å². The number of carbonyl (C=O) groups is 2. The maximum atomic E-state index is 12.8. The van der Waals surface area contributed by atoms with Crippen LogP contribution in [0.1, 0.15) is 36.5 Å². The summed E-state index contributed by atoms with van der Waals surface area (Å²) >= 11 is 5.97. The number of benzene rings is 1. The highest BCUT2D eigenvalue weighted by Gasteiger charge is 2.36. The molecule has 9 heteroatoms. The van der Waals surface area contributed by atoms with E-state index in [-0.39, 0.29) is 25.5 Å². The minimum Gasteiger partial charge on any atom is -0.496 e. The zero-order chi connectivity index (χ0) is 20.9. The predicted molar refractivity (Wildman–Crippen MR) is 99.6 cm³/mol. The number of amides is 2. The van der Waals surface area contributed by atoms with Gasteiger partial charge < -0.3 is 14.5 Å². The number of rotatable bonds is 6. The molecule has 0 saturated carbocycles. The van der Waals surface area contributed by atoms with E-state index in [1.54, 1.807) is 24.0 Å². The molecule has 0 aromatic heterocycles. The van der Waals surface area contributed by atoms with Crippen molar-refractivity contribution in [2.24, 2.45) is 5.92 Å². The van der Waals surface area contributed by atoms with E-state index in [2.05, 4.69) is 0 Å². The van der Waals surface area contributed by atoms with Gasteiger partial charge in [-0.1, -0.05) is 18.5 Å². The van der Waals surface area contributed by atoms with E-state index < -0.39 is 24.5 Å². The molecule has 0 unspecified atom stereocenters. The molecule has 0 radical (unpaired) electrons. The van der Waals surface area contributed by atoms with Gasteiger partial charge in [0.2, 0.25) is 5.91 Å². The van der Waals surface area contributed by atoms with Crippen LogP contribution in [0.2, 0.25) is 5.02 Å². The second-order valence-corrected chi connectivity index (χ2v) is 7.22. The molecule has 2 amide bonds. The lowest BCUT2D eigenvalue weighted by molar-refractivity contribution is -0.164. The molecular formula is C19H24ClF3N2O3. The Morgan fingerprint density at radius 2 is 1.93 bits per heavy atom. The summed E-state index contributed by atoms with van der Waals surface area (Å²) in [4.78, 5) is 27.8. The van der Waals surface area contributed by atoms with Gasteiger partial charge in [-0.15, -0.1) is 0 Å². The number of nitrogens with zero attached hydrogens (tertiary/aromatic N) is 2. The standard InChI is InChI=1S/C19H24ClF3N2O3/c1-3-8-25(12-19(21,22)23)17(26)13-6-9-24(10-7-13)18(27)15-11-14(20)4-5-16(15)28-2/h4-5,11,13H,3,6-10,12H2,1-2H3. The van der Waals surface area contributed by atoms with Crippen LogP contribution in [0.25, 0.3) is 0 Å². The van der Waals surface area contributed by atoms with Gasteiger partial charge in [-0.3, -0.25) is 9.59 Å². The van der Waals surface area contributed by atoms with Crippen LogP contribution in [0.5, 0.6) is 5.75 Å². The van der Waals surface area contributed by atoms with Crippen molar-refractivity contribution >= 4 is 23.4 Å². The highest BCUT2D eigenvalue weighted by atomic mass is 35.5. The number of ether oxygens (including phenoxy) is 1. The fourth-order valence-electron chi connectivity index (χ4n) is 3.36. The van der Waals surface area contributed by atoms with E-state index in [0.717, 1.165) is 4.90 Å². The summed E-state index contributed by atoms with van der Waals surface area (Å²) in [5.41, 5.74) is 0.324. The average Bonchev–Trinajstić information content (AvgIpc) is 2.65. The van der Waals surface area contributed by atoms with Gasteiger partial charge in [0, 0.05) is 30.6 Å². The Morgan fingerprint density at radius 1 is 1.29 bits per heavy atom. The Bertz CT molecular complexity index is 704. The molecule has 5 nitrogen and oxygen atoms in total. The van der Waals surface area contributed by atoms with Crippen molar-refractivity contribution in [2.75, 3.05) is 33.3 Å². The van der Waals surface area contributed by atoms with Crippen LogP contribution in [-0.2, 0) is 4.79 Å². The number of alkyl halides is 3. The number of hydrogen-bond donors (Lipinski definition) is 0. The number of carbonyl (C=O) groups excluding carboxylic acids is 2. The van der Waals surface area contributed by atoms with Crippen LogP contribution in [0.4, 0.5) is 13.2 Å². The normalized spacial score (nSPS) is 15.4. The Kier molecular flexibility index (Phi) is 7.57. The first-order chi connectivity index (χ1) is 13.2. The van der Waals surface area contributed by atoms with Gasteiger partial charge in [-0.25, -0.2) is 0 Å². The molecule has 1 aliphatic rings. The Hall–Kier alpha value is -1.96. The first kappa shape index (κ1) is 22.3. The van der Waals surface area contributed by atoms with Gasteiger partial charge in [0.15, 0.2) is 0 Å². The van der Waals surface area contributed by atoms with E-state index in [0.29, 0.717) is 35.6 Å². The van der Waals surface area contributed by atoms with Gasteiger partial charge in [0.1, 0.15) is 12.3 Å². The lowest BCUT2D eigenvalue weighted by Crippen LogP contribution is -2.47. The summed E-state index contributed by atoms with van der Waals surface area (Å²) in [7, 11) is 1.45. The third-order valence-electron chi connectivity index (χ3n) is 4.70. The number of methoxy groups -OCH3 is 1. The first-order valence-electron chi connectivity index (χ1n) is 9.14. The Labute approximate surface area is 167 Å². The molecule has 1 aromatic rings. The van der Waals surface area contributed by atoms with Crippen LogP contribution in [-0.4, -0.2) is 61.1 Å². The predicted octanol–water partition coefficient (Wildman–Crippen LogP) is 4.00. The summed E-state index contributed by atoms with van der Waals surface area (Å²) in [6.45, 7) is 1.14. The fraction of sp³-hybridized carbons (Fsp3) is 0.579. The van der Waals surface area contributed by atoms with E-state index in [9.17, 15) is 22.8 Å². The van der Waals surface area contributed by atoms with Crippen molar-refractivity contribution < 1.29 is 27.5 Å². The third kappa shape index (κ3) is 5.77. The maximum absolute atomic E-state index is 12.8. The number of hydrogen-bond acceptors (Lipinski definition) is 3. The lowest BCUT2D eigenvalue weighted by Gasteiger charge is -2.34. The van der Waals surface area contributed by atoms with Crippen LogP contribution in [0.3, 0.4) is 0 Å². The van der Waals surface area contributed by atoms with E-state index in [4.69, 9.17) is 16.3 Å². The first-order valence-corrected chi connectivity index (χ1v) is 9.52. The molecule has 1 heterocycles. The molecule has 0 aliphatic carbocycles. The largest absolute Gasteiger partial charge is 0.496 e. The monoisotopic (exact) mass is 420 g/mol. The van der Waals surface area contributed by atoms with Crippen molar-refractivity contribution in [1.29, 1.82) is 0 Å². The molecule has 1 saturated heterocycles. The van der Waals surface area contributed by atoms with Crippen LogP contribution in [0, 0.1) is 5.92 Å². The summed E-state index contributed by atoms with van der Waals surface area (Å²) < 4.78 is 43.4. The SMILES string of the molecule is CCCN(CC(F)(F)F)C(=O)C1CCN(C(=O)c2cc(Cl)ccc2OC)CC1. The summed E-state index contributed by atoms with van der Waals surface area (Å²) in [6, 6.07) is 4.74. The molecule has 2 rings (SSSR count). The highest BCUT2D eigenvalue weighted by Crippen LogP contribution is 2.28. The fourth-order valence-corrected chi connectivity index (χ4v) is 3.53. The quantitative estimate of drug-likeness (QED) is 0.699. The van der Waals surface area contributed by atoms with E-state index >= 15 is 0 Å². The Balaban J connectivity index is 2.02. The van der Waals surface area contributed by atoms with Crippen molar-refractivity contribution in [3.05, 3.63) is 28.8 Å². The second-order valence-electron chi connectivity index (χ2n) is 6.79. The van der Waals surface area contributed by atoms with Crippen molar-refractivity contribution in [1.82, 2.24) is 9.80 Å². The molecule has 156 valence electrons. The molecular weight excluding hydrogens is 397 g/mol. The zero-order valence-corrected chi connectivity index (χ0v) is 16.6.